The average molecular weight is 779 g/mol. The lowest BCUT2D eigenvalue weighted by atomic mass is 10.0. The molecule has 0 unspecified atom stereocenters. The Hall–Kier alpha value is -1.59. The first kappa shape index (κ1) is 53.4. The van der Waals surface area contributed by atoms with Gasteiger partial charge in [0.05, 0.1) is 0 Å². The van der Waals surface area contributed by atoms with Crippen LogP contribution in [-0.2, 0) is 28.6 Å². The van der Waals surface area contributed by atoms with Crippen LogP contribution in [0.3, 0.4) is 0 Å². The van der Waals surface area contributed by atoms with E-state index in [-0.39, 0.29) is 31.1 Å². The van der Waals surface area contributed by atoms with Gasteiger partial charge in [-0.25, -0.2) is 0 Å². The molecule has 0 rings (SSSR count). The molecule has 0 aromatic heterocycles. The SMILES string of the molecule is CCCCCCCC(=O)O[C@H](COC(=O)CCCCCCCCCCCCCCCCCC(C)C)COC(=O)CCCCCCCCCCCCCC(C)C. The maximum Gasteiger partial charge on any atom is 0.306 e. The number of hydrogen-bond donors (Lipinski definition) is 0. The van der Waals surface area contributed by atoms with Gasteiger partial charge >= 0.3 is 17.9 Å². The van der Waals surface area contributed by atoms with Gasteiger partial charge in [-0.1, -0.05) is 227 Å². The maximum atomic E-state index is 12.5. The third-order valence-electron chi connectivity index (χ3n) is 11.0. The molecule has 0 amide bonds. The van der Waals surface area contributed by atoms with Crippen LogP contribution in [0.1, 0.15) is 266 Å². The summed E-state index contributed by atoms with van der Waals surface area (Å²) in [6.45, 7) is 11.3. The van der Waals surface area contributed by atoms with Crippen LogP contribution in [0.4, 0.5) is 0 Å². The van der Waals surface area contributed by atoms with Crippen LogP contribution < -0.4 is 0 Å². The molecule has 0 heterocycles. The number of esters is 3. The van der Waals surface area contributed by atoms with E-state index < -0.39 is 6.10 Å². The zero-order chi connectivity index (χ0) is 40.5. The van der Waals surface area contributed by atoms with E-state index in [1.165, 1.54) is 148 Å². The normalized spacial score (nSPS) is 12.1. The highest BCUT2D eigenvalue weighted by Crippen LogP contribution is 2.17. The summed E-state index contributed by atoms with van der Waals surface area (Å²) < 4.78 is 16.6. The van der Waals surface area contributed by atoms with Crippen LogP contribution in [0, 0.1) is 11.8 Å². The van der Waals surface area contributed by atoms with E-state index in [2.05, 4.69) is 34.6 Å². The van der Waals surface area contributed by atoms with Gasteiger partial charge in [-0.15, -0.1) is 0 Å². The molecule has 0 aromatic carbocycles. The van der Waals surface area contributed by atoms with Crippen LogP contribution in [0.15, 0.2) is 0 Å². The first-order valence-corrected chi connectivity index (χ1v) is 24.2. The minimum Gasteiger partial charge on any atom is -0.462 e. The summed E-state index contributed by atoms with van der Waals surface area (Å²) in [5.74, 6) is 0.809. The Morgan fingerprint density at radius 1 is 0.345 bits per heavy atom. The fourth-order valence-electron chi connectivity index (χ4n) is 7.28. The summed E-state index contributed by atoms with van der Waals surface area (Å²) in [5.41, 5.74) is 0. The van der Waals surface area contributed by atoms with Crippen LogP contribution in [0.25, 0.3) is 0 Å². The fourth-order valence-corrected chi connectivity index (χ4v) is 7.28. The molecule has 0 aliphatic carbocycles. The summed E-state index contributed by atoms with van der Waals surface area (Å²) in [6, 6.07) is 0. The molecule has 0 spiro atoms. The first-order valence-electron chi connectivity index (χ1n) is 24.2. The number of hydrogen-bond acceptors (Lipinski definition) is 6. The van der Waals surface area contributed by atoms with Gasteiger partial charge in [0.2, 0.25) is 0 Å². The van der Waals surface area contributed by atoms with Crippen LogP contribution >= 0.6 is 0 Å². The van der Waals surface area contributed by atoms with Gasteiger partial charge < -0.3 is 14.2 Å². The van der Waals surface area contributed by atoms with Crippen molar-refractivity contribution in [1.29, 1.82) is 0 Å². The Morgan fingerprint density at radius 2 is 0.600 bits per heavy atom. The van der Waals surface area contributed by atoms with E-state index in [1.54, 1.807) is 0 Å². The predicted octanol–water partition coefficient (Wildman–Crippen LogP) is 15.4. The van der Waals surface area contributed by atoms with Crippen LogP contribution in [0.5, 0.6) is 0 Å². The fraction of sp³-hybridized carbons (Fsp3) is 0.939. The molecule has 0 fully saturated rings. The summed E-state index contributed by atoms with van der Waals surface area (Å²) in [7, 11) is 0. The number of carbonyl (C=O) groups excluding carboxylic acids is 3. The van der Waals surface area contributed by atoms with Gasteiger partial charge in [-0.2, -0.15) is 0 Å². The minimum absolute atomic E-state index is 0.0655. The Morgan fingerprint density at radius 3 is 0.891 bits per heavy atom. The zero-order valence-electron chi connectivity index (χ0n) is 37.6. The third-order valence-corrected chi connectivity index (χ3v) is 11.0. The van der Waals surface area contributed by atoms with Gasteiger partial charge in [0.15, 0.2) is 6.10 Å². The highest BCUT2D eigenvalue weighted by molar-refractivity contribution is 5.71. The van der Waals surface area contributed by atoms with Gasteiger partial charge in [0.1, 0.15) is 13.2 Å². The first-order chi connectivity index (χ1) is 26.7. The van der Waals surface area contributed by atoms with E-state index in [9.17, 15) is 14.4 Å². The number of carbonyl (C=O) groups is 3. The van der Waals surface area contributed by atoms with Gasteiger partial charge in [-0.05, 0) is 31.1 Å². The minimum atomic E-state index is -0.759. The molecular weight excluding hydrogens is 685 g/mol. The van der Waals surface area contributed by atoms with E-state index in [4.69, 9.17) is 14.2 Å². The van der Waals surface area contributed by atoms with Crippen molar-refractivity contribution in [2.24, 2.45) is 11.8 Å². The van der Waals surface area contributed by atoms with Crippen molar-refractivity contribution in [3.05, 3.63) is 0 Å². The van der Waals surface area contributed by atoms with E-state index in [0.717, 1.165) is 76.0 Å². The topological polar surface area (TPSA) is 78.9 Å². The van der Waals surface area contributed by atoms with Crippen LogP contribution in [0.2, 0.25) is 0 Å². The second-order valence-electron chi connectivity index (χ2n) is 17.7. The maximum absolute atomic E-state index is 12.5. The molecule has 0 bridgehead atoms. The van der Waals surface area contributed by atoms with Crippen LogP contribution in [-0.4, -0.2) is 37.2 Å². The van der Waals surface area contributed by atoms with E-state index in [0.29, 0.717) is 19.3 Å². The van der Waals surface area contributed by atoms with E-state index in [1.807, 2.05) is 0 Å². The average Bonchev–Trinajstić information content (AvgIpc) is 3.15. The summed E-state index contributed by atoms with van der Waals surface area (Å²) in [6.07, 6.45) is 41.2. The standard InChI is InChI=1S/C49H94O6/c1-6-7-8-27-36-41-49(52)55-46(43-54-48(51)40-35-31-26-22-18-14-16-20-24-29-33-38-45(4)5)42-53-47(50)39-34-30-25-21-17-13-11-9-10-12-15-19-23-28-32-37-44(2)3/h44-46H,6-43H2,1-5H3/t46-/m1/s1. The predicted molar refractivity (Wildman–Crippen MR) is 233 cm³/mol. The van der Waals surface area contributed by atoms with Crippen molar-refractivity contribution in [3.63, 3.8) is 0 Å². The molecule has 6 nitrogen and oxygen atoms in total. The molecule has 1 atom stereocenters. The summed E-state index contributed by atoms with van der Waals surface area (Å²) in [5, 5.41) is 0. The number of unbranched alkanes of at least 4 members (excludes halogenated alkanes) is 28. The molecule has 0 N–H and O–H groups in total. The largest absolute Gasteiger partial charge is 0.462 e. The van der Waals surface area contributed by atoms with Crippen molar-refractivity contribution >= 4 is 17.9 Å². The van der Waals surface area contributed by atoms with Gasteiger partial charge in [0.25, 0.3) is 0 Å². The molecule has 0 aliphatic heterocycles. The number of rotatable bonds is 43. The molecule has 6 heteroatoms. The molecule has 0 saturated heterocycles. The van der Waals surface area contributed by atoms with Crippen molar-refractivity contribution in [2.75, 3.05) is 13.2 Å². The smallest absolute Gasteiger partial charge is 0.306 e. The van der Waals surface area contributed by atoms with Crippen molar-refractivity contribution in [2.45, 2.75) is 272 Å². The Kier molecular flexibility index (Phi) is 40.8. The van der Waals surface area contributed by atoms with Crippen molar-refractivity contribution < 1.29 is 28.6 Å². The molecule has 55 heavy (non-hydrogen) atoms. The molecule has 326 valence electrons. The lowest BCUT2D eigenvalue weighted by molar-refractivity contribution is -0.167. The van der Waals surface area contributed by atoms with Crippen molar-refractivity contribution in [3.8, 4) is 0 Å². The molecule has 0 saturated carbocycles. The highest BCUT2D eigenvalue weighted by atomic mass is 16.6. The Labute approximate surface area is 342 Å². The second-order valence-corrected chi connectivity index (χ2v) is 17.7. The Bertz CT molecular complexity index is 839. The monoisotopic (exact) mass is 779 g/mol. The highest BCUT2D eigenvalue weighted by Gasteiger charge is 2.19. The van der Waals surface area contributed by atoms with Gasteiger partial charge in [0, 0.05) is 19.3 Å². The Balaban J connectivity index is 4.08. The van der Waals surface area contributed by atoms with Crippen molar-refractivity contribution in [1.82, 2.24) is 0 Å². The molecule has 0 aromatic rings. The quantitative estimate of drug-likeness (QED) is 0.0348. The third kappa shape index (κ3) is 43.4. The number of ether oxygens (including phenoxy) is 3. The molecule has 0 aliphatic rings. The van der Waals surface area contributed by atoms with E-state index >= 15 is 0 Å². The lowest BCUT2D eigenvalue weighted by Crippen LogP contribution is -2.30. The second kappa shape index (κ2) is 42.0. The van der Waals surface area contributed by atoms with Gasteiger partial charge in [-0.3, -0.25) is 14.4 Å². The summed E-state index contributed by atoms with van der Waals surface area (Å²) >= 11 is 0. The molecule has 0 radical (unpaired) electrons. The lowest BCUT2D eigenvalue weighted by Gasteiger charge is -2.18. The molecular formula is C49H94O6. The zero-order valence-corrected chi connectivity index (χ0v) is 37.6. The summed E-state index contributed by atoms with van der Waals surface area (Å²) in [4.78, 5) is 37.5.